The zero-order valence-electron chi connectivity index (χ0n) is 29.6. The third kappa shape index (κ3) is 4.24. The number of benzene rings is 3. The summed E-state index contributed by atoms with van der Waals surface area (Å²) in [6, 6.07) is 5.82. The largest absolute Gasteiger partial charge is 0.507 e. The highest BCUT2D eigenvalue weighted by molar-refractivity contribution is 7.99. The van der Waals surface area contributed by atoms with Crippen molar-refractivity contribution in [1.82, 2.24) is 20.4 Å². The van der Waals surface area contributed by atoms with Gasteiger partial charge in [-0.05, 0) is 68.1 Å². The number of carbonyl (C=O) groups is 1. The van der Waals surface area contributed by atoms with Crippen LogP contribution in [0.3, 0.4) is 0 Å². The predicted molar refractivity (Wildman–Crippen MR) is 190 cm³/mol. The molecule has 7 heterocycles. The topological polar surface area (TPSA) is 169 Å². The highest BCUT2D eigenvalue weighted by atomic mass is 32.2. The van der Waals surface area contributed by atoms with Crippen molar-refractivity contribution in [3.05, 3.63) is 62.7 Å². The fraction of sp³-hybridized carbons (Fsp3) is 0.474. The van der Waals surface area contributed by atoms with Crippen molar-refractivity contribution in [3.8, 4) is 46.3 Å². The SMILES string of the molecule is COc1cc2c(cc1O)CCN[C@]21CS[C@@H]2c3c(O)c(C)c4c(c3[C@H](CNC1=O)N1[C@@H]2C2c3c(cc(C)c(OC)c3O)CC([C@@H]1C#N)N2C)OCO4. The van der Waals surface area contributed by atoms with E-state index in [2.05, 4.69) is 32.6 Å². The van der Waals surface area contributed by atoms with Crippen molar-refractivity contribution in [2.75, 3.05) is 46.9 Å². The minimum absolute atomic E-state index is 0.00936. The van der Waals surface area contributed by atoms with E-state index in [1.165, 1.54) is 18.9 Å². The number of amides is 1. The van der Waals surface area contributed by atoms with Gasteiger partial charge < -0.3 is 39.6 Å². The van der Waals surface area contributed by atoms with Crippen LogP contribution < -0.4 is 29.6 Å². The average Bonchev–Trinajstić information content (AvgIpc) is 3.62. The average molecular weight is 728 g/mol. The number of fused-ring (bicyclic) bond motifs is 9. The molecule has 7 aliphatic heterocycles. The number of carbonyl (C=O) groups excluding carboxylic acids is 1. The number of nitriles is 1. The van der Waals surface area contributed by atoms with Gasteiger partial charge in [0.1, 0.15) is 17.3 Å². The van der Waals surface area contributed by atoms with Gasteiger partial charge in [-0.3, -0.25) is 19.9 Å². The summed E-state index contributed by atoms with van der Waals surface area (Å²) in [6.07, 6.45) is 1.14. The van der Waals surface area contributed by atoms with E-state index in [9.17, 15) is 25.4 Å². The van der Waals surface area contributed by atoms with Crippen molar-refractivity contribution in [2.24, 2.45) is 0 Å². The Kier molecular flexibility index (Phi) is 7.51. The van der Waals surface area contributed by atoms with Crippen molar-refractivity contribution in [3.63, 3.8) is 0 Å². The molecule has 1 spiro atoms. The molecule has 7 aliphatic rings. The lowest BCUT2D eigenvalue weighted by Crippen LogP contribution is -2.70. The summed E-state index contributed by atoms with van der Waals surface area (Å²) in [5.74, 6) is 1.83. The lowest BCUT2D eigenvalue weighted by molar-refractivity contribution is -0.128. The number of likely N-dealkylation sites (N-methyl/N-ethyl adjacent to an activating group) is 1. The molecule has 52 heavy (non-hydrogen) atoms. The monoisotopic (exact) mass is 727 g/mol. The molecular formula is C38H41N5O8S. The van der Waals surface area contributed by atoms with Crippen molar-refractivity contribution in [2.45, 2.75) is 67.7 Å². The van der Waals surface area contributed by atoms with E-state index < -0.39 is 35.0 Å². The molecule has 2 fully saturated rings. The molecule has 13 nitrogen and oxygen atoms in total. The van der Waals surface area contributed by atoms with E-state index in [0.29, 0.717) is 53.3 Å². The van der Waals surface area contributed by atoms with E-state index in [1.54, 1.807) is 19.2 Å². The minimum atomic E-state index is -1.21. The summed E-state index contributed by atoms with van der Waals surface area (Å²) in [4.78, 5) is 19.2. The fourth-order valence-electron chi connectivity index (χ4n) is 10.1. The Morgan fingerprint density at radius 1 is 1.04 bits per heavy atom. The Balaban J connectivity index is 1.31. The van der Waals surface area contributed by atoms with Crippen LogP contribution in [0.2, 0.25) is 0 Å². The third-order valence-corrected chi connectivity index (χ3v) is 13.8. The number of phenols is 3. The van der Waals surface area contributed by atoms with Gasteiger partial charge in [0.15, 0.2) is 34.5 Å². The molecule has 2 saturated heterocycles. The lowest BCUT2D eigenvalue weighted by atomic mass is 9.71. The number of piperazine rings is 1. The summed E-state index contributed by atoms with van der Waals surface area (Å²) >= 11 is 1.52. The third-order valence-electron chi connectivity index (χ3n) is 12.3. The molecule has 7 atom stereocenters. The molecular weight excluding hydrogens is 687 g/mol. The summed E-state index contributed by atoms with van der Waals surface area (Å²) in [5, 5.41) is 52.3. The van der Waals surface area contributed by atoms with Crippen LogP contribution in [0.5, 0.6) is 40.2 Å². The van der Waals surface area contributed by atoms with E-state index in [1.807, 2.05) is 20.9 Å². The van der Waals surface area contributed by atoms with Crippen LogP contribution in [-0.4, -0.2) is 96.1 Å². The van der Waals surface area contributed by atoms with Gasteiger partial charge in [0.05, 0.1) is 37.6 Å². The second-order valence-electron chi connectivity index (χ2n) is 14.6. The Labute approximate surface area is 305 Å². The van der Waals surface area contributed by atoms with Crippen LogP contribution in [0.1, 0.15) is 61.8 Å². The number of phenolic OH excluding ortho intramolecular Hbond substituents is 3. The fourth-order valence-corrected chi connectivity index (χ4v) is 11.8. The summed E-state index contributed by atoms with van der Waals surface area (Å²) in [7, 11) is 5.05. The van der Waals surface area contributed by atoms with Crippen LogP contribution in [-0.2, 0) is 23.2 Å². The smallest absolute Gasteiger partial charge is 0.245 e. The minimum Gasteiger partial charge on any atom is -0.507 e. The maximum absolute atomic E-state index is 14.7. The molecule has 0 aliphatic carbocycles. The van der Waals surface area contributed by atoms with E-state index in [0.717, 1.165) is 27.8 Å². The van der Waals surface area contributed by atoms with Gasteiger partial charge >= 0.3 is 0 Å². The first-order valence-corrected chi connectivity index (χ1v) is 18.6. The second-order valence-corrected chi connectivity index (χ2v) is 15.8. The maximum Gasteiger partial charge on any atom is 0.245 e. The zero-order valence-corrected chi connectivity index (χ0v) is 30.4. The maximum atomic E-state index is 14.7. The molecule has 272 valence electrons. The van der Waals surface area contributed by atoms with Gasteiger partial charge in [-0.2, -0.15) is 5.26 Å². The quantitative estimate of drug-likeness (QED) is 0.261. The number of nitrogens with zero attached hydrogens (tertiary/aromatic N) is 3. The molecule has 14 heteroatoms. The number of methoxy groups -OCH3 is 2. The normalized spacial score (nSPS) is 30.0. The van der Waals surface area contributed by atoms with Crippen LogP contribution >= 0.6 is 11.8 Å². The second kappa shape index (κ2) is 11.7. The van der Waals surface area contributed by atoms with Gasteiger partial charge in [-0.25, -0.2) is 0 Å². The number of ether oxygens (including phenoxy) is 4. The number of nitrogens with one attached hydrogen (secondary N) is 2. The van der Waals surface area contributed by atoms with Crippen LogP contribution in [0.15, 0.2) is 18.2 Å². The first kappa shape index (κ1) is 33.3. The number of hydrogen-bond donors (Lipinski definition) is 5. The van der Waals surface area contributed by atoms with Crippen LogP contribution in [0.25, 0.3) is 0 Å². The molecule has 5 N–H and O–H groups in total. The highest BCUT2D eigenvalue weighted by Gasteiger charge is 2.61. The molecule has 10 rings (SSSR count). The molecule has 4 bridgehead atoms. The van der Waals surface area contributed by atoms with Crippen LogP contribution in [0, 0.1) is 25.2 Å². The molecule has 2 unspecified atom stereocenters. The first-order chi connectivity index (χ1) is 25.1. The summed E-state index contributed by atoms with van der Waals surface area (Å²) < 4.78 is 23.3. The standard InChI is InChI=1S/C38H41N5O8S/c1-16-8-19-9-21-22(12-39)43-23-13-40-37(47)38(20-11-25(48-4)24(44)10-18(20)6-7-41-38)14-52-36(28-27(23)35-34(50-15-51-35)17(2)31(28)45)30(43)29(42(21)3)26(19)32(46)33(16)49-5/h8,10-11,21-23,29-30,36,41,44-46H,6-7,9,13-15H2,1-5H3,(H,40,47)/t21?,22-,23-,29?,30+,36+,38+/m0/s1. The van der Waals surface area contributed by atoms with E-state index in [4.69, 9.17) is 18.9 Å². The van der Waals surface area contributed by atoms with Gasteiger partial charge in [-0.15, -0.1) is 11.8 Å². The molecule has 0 aromatic heterocycles. The van der Waals surface area contributed by atoms with Crippen molar-refractivity contribution < 1.29 is 39.1 Å². The Morgan fingerprint density at radius 3 is 2.58 bits per heavy atom. The summed E-state index contributed by atoms with van der Waals surface area (Å²) in [6.45, 7) is 4.31. The van der Waals surface area contributed by atoms with Gasteiger partial charge in [0, 0.05) is 53.2 Å². The number of thioether (sulfide) groups is 1. The number of aromatic hydroxyl groups is 3. The molecule has 1 amide bonds. The molecule has 0 saturated carbocycles. The summed E-state index contributed by atoms with van der Waals surface area (Å²) in [5.41, 5.74) is 4.82. The number of hydrogen-bond acceptors (Lipinski definition) is 13. The van der Waals surface area contributed by atoms with E-state index >= 15 is 0 Å². The van der Waals surface area contributed by atoms with E-state index in [-0.39, 0.29) is 54.0 Å². The predicted octanol–water partition coefficient (Wildman–Crippen LogP) is 3.34. The van der Waals surface area contributed by atoms with Gasteiger partial charge in [-0.1, -0.05) is 6.07 Å². The lowest BCUT2D eigenvalue weighted by Gasteiger charge is -2.62. The zero-order chi connectivity index (χ0) is 36.4. The molecule has 3 aromatic rings. The first-order valence-electron chi connectivity index (χ1n) is 17.5. The van der Waals surface area contributed by atoms with Gasteiger partial charge in [0.2, 0.25) is 12.7 Å². The number of aryl methyl sites for hydroxylation is 1. The highest BCUT2D eigenvalue weighted by Crippen LogP contribution is 2.64. The van der Waals surface area contributed by atoms with Gasteiger partial charge in [0.25, 0.3) is 0 Å². The Bertz CT molecular complexity index is 2100. The van der Waals surface area contributed by atoms with Crippen LogP contribution in [0.4, 0.5) is 0 Å². The Hall–Kier alpha value is -4.55. The molecule has 3 aromatic carbocycles. The number of rotatable bonds is 2. The van der Waals surface area contributed by atoms with Crippen molar-refractivity contribution in [1.29, 1.82) is 5.26 Å². The molecule has 0 radical (unpaired) electrons. The van der Waals surface area contributed by atoms with Crippen molar-refractivity contribution >= 4 is 17.7 Å². The Morgan fingerprint density at radius 2 is 1.83 bits per heavy atom.